The van der Waals surface area contributed by atoms with E-state index in [9.17, 15) is 0 Å². The van der Waals surface area contributed by atoms with Gasteiger partial charge in [0, 0.05) is 0 Å². The fourth-order valence-corrected chi connectivity index (χ4v) is 3.42. The van der Waals surface area contributed by atoms with Gasteiger partial charge in [0.25, 0.3) is 0 Å². The average Bonchev–Trinajstić information content (AvgIpc) is 2.88. The Kier molecular flexibility index (Phi) is 1.98. The van der Waals surface area contributed by atoms with E-state index in [-0.39, 0.29) is 14.7 Å². The van der Waals surface area contributed by atoms with Crippen LogP contribution in [-0.2, 0) is 0 Å². The zero-order valence-electron chi connectivity index (χ0n) is 7.18. The summed E-state index contributed by atoms with van der Waals surface area (Å²) in [7, 11) is 0. The summed E-state index contributed by atoms with van der Waals surface area (Å²) >= 11 is 1.94. The molecule has 68 valence electrons. The van der Waals surface area contributed by atoms with Crippen LogP contribution >= 0.6 is 11.3 Å². The number of rotatable bonds is 1. The molecule has 0 unspecified atom stereocenters. The molecule has 0 saturated carbocycles. The first-order chi connectivity index (χ1) is 6.95. The number of nitrogens with zero attached hydrogens (tertiary/aromatic N) is 2. The fraction of sp³-hybridized carbons (Fsp3) is 0. The first-order valence-electron chi connectivity index (χ1n) is 4.20. The van der Waals surface area contributed by atoms with Gasteiger partial charge in [-0.05, 0) is 0 Å². The number of fused-ring (bicyclic) bond motifs is 1. The normalized spacial score (nSPS) is 10.9. The van der Waals surface area contributed by atoms with Gasteiger partial charge in [-0.3, -0.25) is 0 Å². The second kappa shape index (κ2) is 3.31. The molecule has 2 aromatic heterocycles. The zero-order chi connectivity index (χ0) is 9.38. The summed E-state index contributed by atoms with van der Waals surface area (Å²) in [5, 5.41) is 6.30. The molecule has 0 amide bonds. The number of aromatic nitrogens is 2. The molecular formula is C10H6N2SSe. The van der Waals surface area contributed by atoms with Gasteiger partial charge in [0.05, 0.1) is 0 Å². The molecule has 14 heavy (non-hydrogen) atoms. The first kappa shape index (κ1) is 8.36. The van der Waals surface area contributed by atoms with Gasteiger partial charge in [0.15, 0.2) is 0 Å². The van der Waals surface area contributed by atoms with Crippen LogP contribution in [0, 0.1) is 0 Å². The van der Waals surface area contributed by atoms with E-state index in [4.69, 9.17) is 0 Å². The summed E-state index contributed by atoms with van der Waals surface area (Å²) in [5.41, 5.74) is 2.30. The van der Waals surface area contributed by atoms with Gasteiger partial charge < -0.3 is 0 Å². The molecule has 2 heterocycles. The monoisotopic (exact) mass is 266 g/mol. The Morgan fingerprint density at radius 1 is 1.14 bits per heavy atom. The van der Waals surface area contributed by atoms with Crippen molar-refractivity contribution in [1.29, 1.82) is 0 Å². The van der Waals surface area contributed by atoms with Crippen molar-refractivity contribution in [2.45, 2.75) is 0 Å². The molecule has 1 aromatic carbocycles. The van der Waals surface area contributed by atoms with Gasteiger partial charge in [-0.2, -0.15) is 0 Å². The van der Waals surface area contributed by atoms with E-state index in [0.29, 0.717) is 0 Å². The van der Waals surface area contributed by atoms with Gasteiger partial charge in [-0.25, -0.2) is 0 Å². The van der Waals surface area contributed by atoms with Crippen LogP contribution in [0.25, 0.3) is 20.2 Å². The van der Waals surface area contributed by atoms with E-state index in [2.05, 4.69) is 44.9 Å². The molecule has 3 rings (SSSR count). The second-order valence-electron chi connectivity index (χ2n) is 2.90. The van der Waals surface area contributed by atoms with Crippen molar-refractivity contribution >= 4 is 35.8 Å². The molecule has 4 heteroatoms. The SMILES string of the molecule is c1csc(-c2cccc3[se]nnc23)c1. The van der Waals surface area contributed by atoms with Crippen molar-refractivity contribution in [3.05, 3.63) is 35.7 Å². The van der Waals surface area contributed by atoms with E-state index < -0.39 is 0 Å². The molecule has 0 fully saturated rings. The topological polar surface area (TPSA) is 25.8 Å². The third-order valence-electron chi connectivity index (χ3n) is 2.07. The number of hydrogen-bond acceptors (Lipinski definition) is 3. The van der Waals surface area contributed by atoms with Crippen LogP contribution in [0.4, 0.5) is 0 Å². The Morgan fingerprint density at radius 3 is 3.00 bits per heavy atom. The quantitative estimate of drug-likeness (QED) is 0.631. The maximum atomic E-state index is 4.21. The van der Waals surface area contributed by atoms with Crippen LogP contribution in [0.1, 0.15) is 0 Å². The summed E-state index contributed by atoms with van der Waals surface area (Å²) in [6, 6.07) is 10.5. The standard InChI is InChI=1S/C10H6N2SSe/c1-3-7(8-4-2-6-13-8)10-9(5-1)14-12-11-10/h1-6H. The number of hydrogen-bond donors (Lipinski definition) is 0. The average molecular weight is 265 g/mol. The van der Waals surface area contributed by atoms with Crippen LogP contribution in [0.2, 0.25) is 0 Å². The first-order valence-corrected chi connectivity index (χ1v) is 6.70. The predicted octanol–water partition coefficient (Wildman–Crippen LogP) is 2.42. The van der Waals surface area contributed by atoms with Crippen LogP contribution in [0.5, 0.6) is 0 Å². The van der Waals surface area contributed by atoms with E-state index in [1.54, 1.807) is 11.3 Å². The van der Waals surface area contributed by atoms with E-state index in [1.165, 1.54) is 14.7 Å². The summed E-state index contributed by atoms with van der Waals surface area (Å²) in [5.74, 6) is 0. The van der Waals surface area contributed by atoms with Gasteiger partial charge in [0.1, 0.15) is 0 Å². The second-order valence-corrected chi connectivity index (χ2v) is 5.50. The molecule has 0 aliphatic rings. The molecule has 0 spiro atoms. The molecule has 0 aliphatic heterocycles. The molecule has 0 atom stereocenters. The molecule has 2 nitrogen and oxygen atoms in total. The van der Waals surface area contributed by atoms with Crippen molar-refractivity contribution < 1.29 is 0 Å². The molecule has 0 radical (unpaired) electrons. The van der Waals surface area contributed by atoms with Crippen molar-refractivity contribution in [3.8, 4) is 10.4 Å². The summed E-state index contributed by atoms with van der Waals surface area (Å²) in [4.78, 5) is 1.28. The fourth-order valence-electron chi connectivity index (χ4n) is 1.44. The Balaban J connectivity index is 2.36. The van der Waals surface area contributed by atoms with Crippen molar-refractivity contribution in [2.24, 2.45) is 0 Å². The Labute approximate surface area is 91.2 Å². The Morgan fingerprint density at radius 2 is 2.14 bits per heavy atom. The van der Waals surface area contributed by atoms with Gasteiger partial charge in [0.2, 0.25) is 0 Å². The molecular weight excluding hydrogens is 259 g/mol. The minimum absolute atomic E-state index is 0.197. The number of benzene rings is 1. The van der Waals surface area contributed by atoms with Gasteiger partial charge >= 0.3 is 91.2 Å². The van der Waals surface area contributed by atoms with Gasteiger partial charge in [-0.15, -0.1) is 0 Å². The summed E-state index contributed by atoms with van der Waals surface area (Å²) in [6.07, 6.45) is 0. The maximum absolute atomic E-state index is 4.21. The molecule has 0 aliphatic carbocycles. The van der Waals surface area contributed by atoms with Crippen molar-refractivity contribution in [1.82, 2.24) is 9.19 Å². The Bertz CT molecular complexity index is 556. The van der Waals surface area contributed by atoms with Crippen molar-refractivity contribution in [2.75, 3.05) is 0 Å². The molecule has 0 N–H and O–H groups in total. The summed E-state index contributed by atoms with van der Waals surface area (Å²) < 4.78 is 5.41. The Hall–Kier alpha value is -0.961. The van der Waals surface area contributed by atoms with Crippen LogP contribution in [0.15, 0.2) is 35.7 Å². The van der Waals surface area contributed by atoms with Crippen molar-refractivity contribution in [3.63, 3.8) is 0 Å². The predicted molar refractivity (Wildman–Crippen MR) is 59.8 cm³/mol. The van der Waals surface area contributed by atoms with E-state index >= 15 is 0 Å². The molecule has 0 bridgehead atoms. The molecule has 3 aromatic rings. The van der Waals surface area contributed by atoms with Crippen LogP contribution in [0.3, 0.4) is 0 Å². The third-order valence-corrected chi connectivity index (χ3v) is 4.42. The minimum atomic E-state index is 0.197. The van der Waals surface area contributed by atoms with E-state index in [0.717, 1.165) is 5.52 Å². The zero-order valence-corrected chi connectivity index (χ0v) is 9.70. The van der Waals surface area contributed by atoms with Crippen LogP contribution < -0.4 is 0 Å². The van der Waals surface area contributed by atoms with Crippen LogP contribution in [-0.4, -0.2) is 23.9 Å². The molecule has 0 saturated heterocycles. The van der Waals surface area contributed by atoms with Gasteiger partial charge in [-0.1, -0.05) is 0 Å². The summed E-state index contributed by atoms with van der Waals surface area (Å²) in [6.45, 7) is 0. The third kappa shape index (κ3) is 1.23. The number of thiophene rings is 1. The van der Waals surface area contributed by atoms with E-state index in [1.807, 2.05) is 0 Å².